The van der Waals surface area contributed by atoms with Crippen molar-refractivity contribution in [3.8, 4) is 0 Å². The summed E-state index contributed by atoms with van der Waals surface area (Å²) in [5.41, 5.74) is 3.48. The number of benzene rings is 3. The van der Waals surface area contributed by atoms with Crippen LogP contribution in [0.1, 0.15) is 34.3 Å². The number of carbonyl (C=O) groups is 4. The Labute approximate surface area is 279 Å². The summed E-state index contributed by atoms with van der Waals surface area (Å²) < 4.78 is 0. The number of nitrogens with zero attached hydrogens (tertiary/aromatic N) is 2. The molecule has 2 fully saturated rings. The second-order valence-corrected chi connectivity index (χ2v) is 13.1. The van der Waals surface area contributed by atoms with E-state index in [1.807, 2.05) is 54.7 Å². The summed E-state index contributed by atoms with van der Waals surface area (Å²) in [7, 11) is 1.57. The minimum atomic E-state index is -0.706. The number of likely N-dealkylation sites (N-methyl/N-ethyl adjacent to an activating group) is 1. The normalized spacial score (nSPS) is 19.7. The van der Waals surface area contributed by atoms with E-state index in [1.165, 1.54) is 5.56 Å². The number of aromatic nitrogens is 1. The highest BCUT2D eigenvalue weighted by Crippen LogP contribution is 2.37. The van der Waals surface area contributed by atoms with E-state index in [1.54, 1.807) is 35.0 Å². The fraction of sp³-hybridized carbons (Fsp3) is 0.351. The third-order valence-corrected chi connectivity index (χ3v) is 9.86. The van der Waals surface area contributed by atoms with E-state index in [0.717, 1.165) is 29.3 Å². The smallest absolute Gasteiger partial charge is 0.253 e. The number of carbonyl (C=O) groups excluding carboxylic acids is 4. The number of H-pyrrole nitrogens is 1. The van der Waals surface area contributed by atoms with Gasteiger partial charge in [-0.05, 0) is 66.5 Å². The summed E-state index contributed by atoms with van der Waals surface area (Å²) in [6.45, 7) is 1.54. The maximum Gasteiger partial charge on any atom is 0.253 e. The number of aromatic amines is 1. The number of aryl methyl sites for hydroxylation is 1. The summed E-state index contributed by atoms with van der Waals surface area (Å²) in [5, 5.41) is 7.27. The molecule has 4 atom stereocenters. The molecule has 1 aromatic heterocycles. The molecule has 2 aliphatic rings. The van der Waals surface area contributed by atoms with Crippen LogP contribution >= 0.6 is 11.6 Å². The standard InChI is InChI=1S/C37H40ClN5O4/c1-39-36(46)32(14-8-11-24-9-4-2-5-10-24)41-35(45)31-23-42(34(44)17-26-19-40-33-18-28(38)15-16-29(26)33)20-27-21-43(22-30(27)31)37(47)25-12-6-3-7-13-25/h2-7,9-10,12-13,15-16,18-19,27,30-32,40H,8,11,14,17,20-23H2,1H3,(H,39,46)(H,41,45)/t27?,30?,31?,32-/m0/s1. The Hall–Kier alpha value is -4.63. The van der Waals surface area contributed by atoms with E-state index >= 15 is 0 Å². The third kappa shape index (κ3) is 7.36. The Morgan fingerprint density at radius 1 is 0.915 bits per heavy atom. The van der Waals surface area contributed by atoms with Gasteiger partial charge in [-0.3, -0.25) is 19.2 Å². The molecular weight excluding hydrogens is 614 g/mol. The number of hydrogen-bond acceptors (Lipinski definition) is 4. The van der Waals surface area contributed by atoms with Crippen LogP contribution in [0.4, 0.5) is 0 Å². The molecule has 6 rings (SSSR count). The van der Waals surface area contributed by atoms with E-state index in [9.17, 15) is 19.2 Å². The number of piperidine rings is 1. The Morgan fingerprint density at radius 3 is 2.38 bits per heavy atom. The van der Waals surface area contributed by atoms with Crippen LogP contribution in [0.2, 0.25) is 5.02 Å². The van der Waals surface area contributed by atoms with Crippen LogP contribution in [-0.2, 0) is 27.2 Å². The summed E-state index contributed by atoms with van der Waals surface area (Å²) >= 11 is 6.16. The van der Waals surface area contributed by atoms with Crippen LogP contribution in [0.25, 0.3) is 10.9 Å². The van der Waals surface area contributed by atoms with E-state index in [-0.39, 0.29) is 48.4 Å². The predicted octanol–water partition coefficient (Wildman–Crippen LogP) is 4.46. The number of nitrogens with one attached hydrogen (secondary N) is 3. The minimum Gasteiger partial charge on any atom is -0.361 e. The number of hydrogen-bond donors (Lipinski definition) is 3. The van der Waals surface area contributed by atoms with Gasteiger partial charge in [-0.25, -0.2) is 0 Å². The zero-order valence-corrected chi connectivity index (χ0v) is 27.2. The van der Waals surface area contributed by atoms with Crippen LogP contribution in [0.5, 0.6) is 0 Å². The van der Waals surface area contributed by atoms with Crippen molar-refractivity contribution in [2.24, 2.45) is 17.8 Å². The zero-order valence-electron chi connectivity index (χ0n) is 26.5. The molecule has 0 saturated carbocycles. The van der Waals surface area contributed by atoms with E-state index in [2.05, 4.69) is 27.8 Å². The zero-order chi connectivity index (χ0) is 32.9. The van der Waals surface area contributed by atoms with Crippen molar-refractivity contribution >= 4 is 46.1 Å². The second kappa shape index (κ2) is 14.4. The molecule has 3 heterocycles. The SMILES string of the molecule is CNC(=O)[C@H](CCCc1ccccc1)NC(=O)C1CN(C(=O)Cc2c[nH]c3cc(Cl)ccc23)CC2CN(C(=O)c3ccccc3)CC21. The molecule has 0 spiro atoms. The van der Waals surface area contributed by atoms with Gasteiger partial charge < -0.3 is 25.4 Å². The van der Waals surface area contributed by atoms with E-state index in [0.29, 0.717) is 36.6 Å². The third-order valence-electron chi connectivity index (χ3n) is 9.63. The lowest BCUT2D eigenvalue weighted by molar-refractivity contribution is -0.140. The number of fused-ring (bicyclic) bond motifs is 2. The van der Waals surface area contributed by atoms with Gasteiger partial charge in [0.2, 0.25) is 17.7 Å². The van der Waals surface area contributed by atoms with Gasteiger partial charge in [0, 0.05) is 60.9 Å². The average molecular weight is 654 g/mol. The molecule has 0 radical (unpaired) electrons. The molecule has 9 nitrogen and oxygen atoms in total. The maximum absolute atomic E-state index is 14.1. The molecule has 47 heavy (non-hydrogen) atoms. The Kier molecular flexibility index (Phi) is 9.92. The van der Waals surface area contributed by atoms with E-state index in [4.69, 9.17) is 11.6 Å². The molecule has 10 heteroatoms. The lowest BCUT2D eigenvalue weighted by Gasteiger charge is -2.40. The Balaban J connectivity index is 1.20. The molecule has 3 N–H and O–H groups in total. The first-order valence-corrected chi connectivity index (χ1v) is 16.6. The topological polar surface area (TPSA) is 115 Å². The van der Waals surface area contributed by atoms with Gasteiger partial charge in [0.25, 0.3) is 5.91 Å². The Morgan fingerprint density at radius 2 is 1.64 bits per heavy atom. The fourth-order valence-corrected chi connectivity index (χ4v) is 7.31. The largest absolute Gasteiger partial charge is 0.361 e. The molecular formula is C37H40ClN5O4. The van der Waals surface area contributed by atoms with Crippen molar-refractivity contribution in [2.45, 2.75) is 31.7 Å². The van der Waals surface area contributed by atoms with Gasteiger partial charge >= 0.3 is 0 Å². The molecule has 2 saturated heterocycles. The minimum absolute atomic E-state index is 0.0746. The van der Waals surface area contributed by atoms with Gasteiger partial charge in [0.1, 0.15) is 6.04 Å². The number of halogens is 1. The fourth-order valence-electron chi connectivity index (χ4n) is 7.14. The van der Waals surface area contributed by atoms with Crippen molar-refractivity contribution in [2.75, 3.05) is 33.2 Å². The molecule has 244 valence electrons. The first-order valence-electron chi connectivity index (χ1n) is 16.2. The second-order valence-electron chi connectivity index (χ2n) is 12.6. The van der Waals surface area contributed by atoms with Crippen molar-refractivity contribution in [3.63, 3.8) is 0 Å². The number of likely N-dealkylation sites (tertiary alicyclic amines) is 2. The van der Waals surface area contributed by atoms with Crippen LogP contribution < -0.4 is 10.6 Å². The highest BCUT2D eigenvalue weighted by molar-refractivity contribution is 6.31. The number of amides is 4. The van der Waals surface area contributed by atoms with Crippen molar-refractivity contribution < 1.29 is 19.2 Å². The molecule has 4 amide bonds. The first-order chi connectivity index (χ1) is 22.8. The maximum atomic E-state index is 14.1. The predicted molar refractivity (Wildman–Crippen MR) is 182 cm³/mol. The van der Waals surface area contributed by atoms with Crippen LogP contribution in [-0.4, -0.2) is 77.7 Å². The van der Waals surface area contributed by atoms with Crippen molar-refractivity contribution in [1.82, 2.24) is 25.4 Å². The summed E-state index contributed by atoms with van der Waals surface area (Å²) in [4.78, 5) is 61.1. The average Bonchev–Trinajstić information content (AvgIpc) is 3.71. The Bertz CT molecular complexity index is 1740. The lowest BCUT2D eigenvalue weighted by atomic mass is 9.79. The lowest BCUT2D eigenvalue weighted by Crippen LogP contribution is -2.56. The summed E-state index contributed by atoms with van der Waals surface area (Å²) in [6.07, 6.45) is 3.98. The van der Waals surface area contributed by atoms with Crippen molar-refractivity contribution in [3.05, 3.63) is 107 Å². The molecule has 0 aliphatic carbocycles. The van der Waals surface area contributed by atoms with Crippen LogP contribution in [0, 0.1) is 17.8 Å². The molecule has 0 bridgehead atoms. The van der Waals surface area contributed by atoms with E-state index < -0.39 is 12.0 Å². The number of rotatable bonds is 10. The molecule has 3 aromatic carbocycles. The van der Waals surface area contributed by atoms with Gasteiger partial charge in [0.05, 0.1) is 12.3 Å². The van der Waals surface area contributed by atoms with Gasteiger partial charge in [-0.2, -0.15) is 0 Å². The van der Waals surface area contributed by atoms with Gasteiger partial charge in [-0.15, -0.1) is 0 Å². The van der Waals surface area contributed by atoms with Gasteiger partial charge in [0.15, 0.2) is 0 Å². The highest BCUT2D eigenvalue weighted by atomic mass is 35.5. The van der Waals surface area contributed by atoms with Gasteiger partial charge in [-0.1, -0.05) is 66.2 Å². The highest BCUT2D eigenvalue weighted by Gasteiger charge is 2.48. The molecule has 4 aromatic rings. The quantitative estimate of drug-likeness (QED) is 0.234. The first kappa shape index (κ1) is 32.3. The monoisotopic (exact) mass is 653 g/mol. The molecule has 3 unspecified atom stereocenters. The summed E-state index contributed by atoms with van der Waals surface area (Å²) in [5.74, 6) is -1.48. The summed E-state index contributed by atoms with van der Waals surface area (Å²) in [6, 6.07) is 24.0. The van der Waals surface area contributed by atoms with Crippen molar-refractivity contribution in [1.29, 1.82) is 0 Å². The van der Waals surface area contributed by atoms with Crippen LogP contribution in [0.3, 0.4) is 0 Å². The molecule has 2 aliphatic heterocycles. The van der Waals surface area contributed by atoms with Crippen LogP contribution in [0.15, 0.2) is 85.1 Å².